The van der Waals surface area contributed by atoms with Crippen LogP contribution in [-0.4, -0.2) is 33.8 Å². The SMILES string of the molecule is O=C(O)COc1ccc(/C=N\Nc2ccc([N+](=O)[O-])cn2)cc1Br. The molecule has 1 aromatic heterocycles. The van der Waals surface area contributed by atoms with Crippen molar-refractivity contribution in [3.8, 4) is 5.75 Å². The lowest BCUT2D eigenvalue weighted by molar-refractivity contribution is -0.385. The van der Waals surface area contributed by atoms with Gasteiger partial charge in [-0.15, -0.1) is 0 Å². The molecule has 0 fully saturated rings. The van der Waals surface area contributed by atoms with E-state index >= 15 is 0 Å². The third kappa shape index (κ3) is 5.02. The van der Waals surface area contributed by atoms with Crippen molar-refractivity contribution in [2.24, 2.45) is 5.10 Å². The summed E-state index contributed by atoms with van der Waals surface area (Å²) in [5.41, 5.74) is 3.26. The maximum Gasteiger partial charge on any atom is 0.341 e. The van der Waals surface area contributed by atoms with Gasteiger partial charge in [0.2, 0.25) is 0 Å². The van der Waals surface area contributed by atoms with E-state index in [1.54, 1.807) is 18.2 Å². The van der Waals surface area contributed by atoms with Crippen molar-refractivity contribution < 1.29 is 19.6 Å². The third-order valence-electron chi connectivity index (χ3n) is 2.66. The number of pyridine rings is 1. The zero-order valence-corrected chi connectivity index (χ0v) is 13.6. The number of carboxylic acid groups (broad SMARTS) is 1. The summed E-state index contributed by atoms with van der Waals surface area (Å²) in [5.74, 6) is -0.302. The van der Waals surface area contributed by atoms with E-state index in [9.17, 15) is 14.9 Å². The first-order chi connectivity index (χ1) is 11.5. The predicted molar refractivity (Wildman–Crippen MR) is 89.4 cm³/mol. The molecule has 0 saturated heterocycles. The predicted octanol–water partition coefficient (Wildman–Crippen LogP) is 2.66. The van der Waals surface area contributed by atoms with Crippen LogP contribution >= 0.6 is 15.9 Å². The van der Waals surface area contributed by atoms with Crippen LogP contribution in [0.2, 0.25) is 0 Å². The molecular formula is C14H11BrN4O5. The molecule has 124 valence electrons. The highest BCUT2D eigenvalue weighted by Crippen LogP contribution is 2.25. The number of halogens is 1. The molecule has 1 heterocycles. The highest BCUT2D eigenvalue weighted by atomic mass is 79.9. The molecule has 2 N–H and O–H groups in total. The summed E-state index contributed by atoms with van der Waals surface area (Å²) in [6, 6.07) is 7.75. The fourth-order valence-corrected chi connectivity index (χ4v) is 2.10. The quantitative estimate of drug-likeness (QED) is 0.419. The van der Waals surface area contributed by atoms with Gasteiger partial charge in [0, 0.05) is 6.07 Å². The second-order valence-corrected chi connectivity index (χ2v) is 5.26. The summed E-state index contributed by atoms with van der Waals surface area (Å²) in [5, 5.41) is 23.1. The number of nitrogens with zero attached hydrogens (tertiary/aromatic N) is 3. The van der Waals surface area contributed by atoms with E-state index in [0.29, 0.717) is 16.0 Å². The lowest BCUT2D eigenvalue weighted by Gasteiger charge is -2.06. The number of nitrogens with one attached hydrogen (secondary N) is 1. The molecule has 0 aliphatic heterocycles. The Balaban J connectivity index is 1.97. The molecular weight excluding hydrogens is 384 g/mol. The molecule has 2 aromatic rings. The lowest BCUT2D eigenvalue weighted by atomic mass is 10.2. The van der Waals surface area contributed by atoms with Gasteiger partial charge in [0.1, 0.15) is 17.8 Å². The van der Waals surface area contributed by atoms with E-state index in [1.807, 2.05) is 0 Å². The number of carbonyl (C=O) groups is 1. The number of hydrogen-bond donors (Lipinski definition) is 2. The van der Waals surface area contributed by atoms with Crippen LogP contribution in [-0.2, 0) is 4.79 Å². The third-order valence-corrected chi connectivity index (χ3v) is 3.28. The number of aliphatic carboxylic acids is 1. The molecule has 2 rings (SSSR count). The smallest absolute Gasteiger partial charge is 0.341 e. The number of hydrogen-bond acceptors (Lipinski definition) is 7. The zero-order chi connectivity index (χ0) is 17.5. The number of ether oxygens (including phenoxy) is 1. The molecule has 0 spiro atoms. The molecule has 0 saturated carbocycles. The number of hydrazone groups is 1. The normalized spacial score (nSPS) is 10.5. The standard InChI is InChI=1S/C14H11BrN4O5/c15-11-5-9(1-3-12(11)24-8-14(20)21)6-17-18-13-4-2-10(7-16-13)19(22)23/h1-7H,8H2,(H,16,18)(H,20,21)/b17-6-. The number of carboxylic acids is 1. The van der Waals surface area contributed by atoms with Gasteiger partial charge in [0.25, 0.3) is 5.69 Å². The van der Waals surface area contributed by atoms with Gasteiger partial charge < -0.3 is 9.84 Å². The van der Waals surface area contributed by atoms with Gasteiger partial charge in [-0.1, -0.05) is 0 Å². The van der Waals surface area contributed by atoms with E-state index < -0.39 is 17.5 Å². The van der Waals surface area contributed by atoms with Crippen molar-refractivity contribution in [2.75, 3.05) is 12.0 Å². The summed E-state index contributed by atoms with van der Waals surface area (Å²) in [6.07, 6.45) is 2.64. The molecule has 0 bridgehead atoms. The van der Waals surface area contributed by atoms with Crippen LogP contribution in [0.15, 0.2) is 46.1 Å². The van der Waals surface area contributed by atoms with Crippen LogP contribution in [0.1, 0.15) is 5.56 Å². The second kappa shape index (κ2) is 8.02. The summed E-state index contributed by atoms with van der Waals surface area (Å²) in [7, 11) is 0. The largest absolute Gasteiger partial charge is 0.481 e. The Morgan fingerprint density at radius 2 is 2.25 bits per heavy atom. The van der Waals surface area contributed by atoms with Gasteiger partial charge in [0.05, 0.1) is 15.6 Å². The van der Waals surface area contributed by atoms with Crippen LogP contribution in [0.25, 0.3) is 0 Å². The van der Waals surface area contributed by atoms with E-state index in [4.69, 9.17) is 9.84 Å². The molecule has 0 atom stereocenters. The van der Waals surface area contributed by atoms with Crippen molar-refractivity contribution >= 4 is 39.6 Å². The molecule has 0 radical (unpaired) electrons. The Morgan fingerprint density at radius 1 is 1.46 bits per heavy atom. The summed E-state index contributed by atoms with van der Waals surface area (Å²) in [4.78, 5) is 24.3. The summed E-state index contributed by atoms with van der Waals surface area (Å²) in [6.45, 7) is -0.431. The monoisotopic (exact) mass is 394 g/mol. The Morgan fingerprint density at radius 3 is 2.83 bits per heavy atom. The first-order valence-corrected chi connectivity index (χ1v) is 7.28. The van der Waals surface area contributed by atoms with Crippen molar-refractivity contribution in [1.82, 2.24) is 4.98 Å². The van der Waals surface area contributed by atoms with Crippen LogP contribution in [0, 0.1) is 10.1 Å². The van der Waals surface area contributed by atoms with Gasteiger partial charge in [-0.3, -0.25) is 15.5 Å². The maximum absolute atomic E-state index is 10.5. The van der Waals surface area contributed by atoms with E-state index in [2.05, 4.69) is 31.4 Å². The number of benzene rings is 1. The van der Waals surface area contributed by atoms with Crippen molar-refractivity contribution in [3.05, 3.63) is 56.7 Å². The van der Waals surface area contributed by atoms with Crippen LogP contribution in [0.3, 0.4) is 0 Å². The molecule has 9 nitrogen and oxygen atoms in total. The van der Waals surface area contributed by atoms with Crippen molar-refractivity contribution in [2.45, 2.75) is 0 Å². The highest BCUT2D eigenvalue weighted by Gasteiger charge is 2.05. The van der Waals surface area contributed by atoms with Gasteiger partial charge in [-0.05, 0) is 45.8 Å². The van der Waals surface area contributed by atoms with E-state index in [0.717, 1.165) is 11.8 Å². The molecule has 24 heavy (non-hydrogen) atoms. The lowest BCUT2D eigenvalue weighted by Crippen LogP contribution is -2.09. The van der Waals surface area contributed by atoms with E-state index in [-0.39, 0.29) is 5.69 Å². The highest BCUT2D eigenvalue weighted by molar-refractivity contribution is 9.10. The van der Waals surface area contributed by atoms with Crippen LogP contribution in [0.4, 0.5) is 11.5 Å². The fourth-order valence-electron chi connectivity index (χ4n) is 1.59. The van der Waals surface area contributed by atoms with Gasteiger partial charge in [-0.2, -0.15) is 5.10 Å². The Kier molecular flexibility index (Phi) is 5.79. The topological polar surface area (TPSA) is 127 Å². The minimum Gasteiger partial charge on any atom is -0.481 e. The number of rotatable bonds is 7. The molecule has 0 amide bonds. The summed E-state index contributed by atoms with van der Waals surface area (Å²) < 4.78 is 5.67. The molecule has 0 aliphatic carbocycles. The first kappa shape index (κ1) is 17.3. The Labute approximate surface area is 144 Å². The average molecular weight is 395 g/mol. The molecule has 0 unspecified atom stereocenters. The van der Waals surface area contributed by atoms with Gasteiger partial charge in [0.15, 0.2) is 6.61 Å². The minimum atomic E-state index is -1.06. The molecule has 0 aliphatic rings. The molecule has 10 heteroatoms. The fraction of sp³-hybridized carbons (Fsp3) is 0.0714. The zero-order valence-electron chi connectivity index (χ0n) is 12.0. The average Bonchev–Trinajstić information content (AvgIpc) is 2.54. The van der Waals surface area contributed by atoms with Gasteiger partial charge in [-0.25, -0.2) is 9.78 Å². The Hall–Kier alpha value is -3.01. The second-order valence-electron chi connectivity index (χ2n) is 4.40. The van der Waals surface area contributed by atoms with Gasteiger partial charge >= 0.3 is 5.97 Å². The molecule has 1 aromatic carbocycles. The maximum atomic E-state index is 10.5. The number of aromatic nitrogens is 1. The Bertz CT molecular complexity index is 779. The minimum absolute atomic E-state index is 0.106. The number of anilines is 1. The first-order valence-electron chi connectivity index (χ1n) is 6.49. The van der Waals surface area contributed by atoms with E-state index in [1.165, 1.54) is 18.3 Å². The van der Waals surface area contributed by atoms with Crippen LogP contribution < -0.4 is 10.2 Å². The number of nitro groups is 1. The van der Waals surface area contributed by atoms with Crippen LogP contribution in [0.5, 0.6) is 5.75 Å². The van der Waals surface area contributed by atoms with Crippen molar-refractivity contribution in [3.63, 3.8) is 0 Å². The van der Waals surface area contributed by atoms with Crippen molar-refractivity contribution in [1.29, 1.82) is 0 Å². The summed E-state index contributed by atoms with van der Waals surface area (Å²) >= 11 is 3.28.